The van der Waals surface area contributed by atoms with Gasteiger partial charge in [-0.15, -0.1) is 11.3 Å². The van der Waals surface area contributed by atoms with Gasteiger partial charge in [0.15, 0.2) is 5.13 Å². The Morgan fingerprint density at radius 3 is 2.79 bits per heavy atom. The smallest absolute Gasteiger partial charge is 0.187 e. The molecular weight excluding hydrogens is 382 g/mol. The fourth-order valence-corrected chi connectivity index (χ4v) is 4.82. The van der Waals surface area contributed by atoms with Gasteiger partial charge in [-0.2, -0.15) is 0 Å². The molecule has 0 atom stereocenters. The van der Waals surface area contributed by atoms with E-state index < -0.39 is 0 Å². The summed E-state index contributed by atoms with van der Waals surface area (Å²) in [5.74, 6) is 0.796. The summed E-state index contributed by atoms with van der Waals surface area (Å²) in [6.45, 7) is 12.1. The van der Waals surface area contributed by atoms with Crippen molar-refractivity contribution < 1.29 is 4.74 Å². The number of aryl methyl sites for hydroxylation is 1. The maximum Gasteiger partial charge on any atom is 0.187 e. The molecule has 1 aliphatic heterocycles. The third-order valence-electron chi connectivity index (χ3n) is 4.93. The zero-order valence-electron chi connectivity index (χ0n) is 17.8. The van der Waals surface area contributed by atoms with Gasteiger partial charge in [0, 0.05) is 48.9 Å². The number of ether oxygens (including phenoxy) is 1. The highest BCUT2D eigenvalue weighted by Gasteiger charge is 2.24. The van der Waals surface area contributed by atoms with Gasteiger partial charge in [-0.25, -0.2) is 9.97 Å². The van der Waals surface area contributed by atoms with Crippen LogP contribution in [0.3, 0.4) is 0 Å². The molecule has 0 saturated carbocycles. The lowest BCUT2D eigenvalue weighted by molar-refractivity contribution is 0.178. The molecule has 0 unspecified atom stereocenters. The maximum atomic E-state index is 5.62. The summed E-state index contributed by atoms with van der Waals surface area (Å²) in [5.41, 5.74) is 4.47. The summed E-state index contributed by atoms with van der Waals surface area (Å²) in [5, 5.41) is 4.41. The molecule has 0 aliphatic carbocycles. The molecule has 29 heavy (non-hydrogen) atoms. The highest BCUT2D eigenvalue weighted by atomic mass is 32.1. The van der Waals surface area contributed by atoms with Crippen molar-refractivity contribution in [3.05, 3.63) is 47.0 Å². The first-order chi connectivity index (χ1) is 13.8. The number of anilines is 2. The van der Waals surface area contributed by atoms with E-state index in [1.807, 2.05) is 29.8 Å². The number of aromatic nitrogens is 3. The molecule has 0 spiro atoms. The molecule has 7 heteroatoms. The Hall–Kier alpha value is -2.38. The zero-order chi connectivity index (χ0) is 20.6. The van der Waals surface area contributed by atoms with Crippen LogP contribution in [0, 0.1) is 12.3 Å². The summed E-state index contributed by atoms with van der Waals surface area (Å²) < 4.78 is 7.59. The average molecular weight is 412 g/mol. The normalized spacial score (nSPS) is 14.7. The van der Waals surface area contributed by atoms with Crippen LogP contribution in [-0.4, -0.2) is 39.6 Å². The fraction of sp³-hybridized carbons (Fsp3) is 0.455. The fourth-order valence-electron chi connectivity index (χ4n) is 3.75. The summed E-state index contributed by atoms with van der Waals surface area (Å²) in [4.78, 5) is 13.1. The Labute approximate surface area is 176 Å². The largest absolute Gasteiger partial charge is 0.494 e. The number of hydrogen-bond acceptors (Lipinski definition) is 6. The molecule has 2 aromatic heterocycles. The first-order valence-electron chi connectivity index (χ1n) is 9.98. The SMILES string of the molecule is COc1cc(Nc2nc3c(s2)CN(CC(C)(C)C)CC3)ccc1-n1cnc(C)c1. The summed E-state index contributed by atoms with van der Waals surface area (Å²) in [7, 11) is 1.69. The number of methoxy groups -OCH3 is 1. The van der Waals surface area contributed by atoms with E-state index in [1.54, 1.807) is 24.8 Å². The number of benzene rings is 1. The second kappa shape index (κ2) is 7.80. The van der Waals surface area contributed by atoms with Gasteiger partial charge in [0.2, 0.25) is 0 Å². The van der Waals surface area contributed by atoms with Gasteiger partial charge in [-0.3, -0.25) is 4.90 Å². The van der Waals surface area contributed by atoms with Crippen molar-refractivity contribution >= 4 is 22.2 Å². The number of imidazole rings is 1. The van der Waals surface area contributed by atoms with Crippen LogP contribution in [-0.2, 0) is 13.0 Å². The van der Waals surface area contributed by atoms with Crippen molar-refractivity contribution in [1.82, 2.24) is 19.4 Å². The monoisotopic (exact) mass is 411 g/mol. The summed E-state index contributed by atoms with van der Waals surface area (Å²) >= 11 is 1.76. The Balaban J connectivity index is 1.50. The number of nitrogens with zero attached hydrogens (tertiary/aromatic N) is 4. The van der Waals surface area contributed by atoms with E-state index in [-0.39, 0.29) is 0 Å². The second-order valence-corrected chi connectivity index (χ2v) is 9.93. The van der Waals surface area contributed by atoms with Crippen LogP contribution in [0.25, 0.3) is 5.69 Å². The second-order valence-electron chi connectivity index (χ2n) is 8.84. The Morgan fingerprint density at radius 1 is 1.28 bits per heavy atom. The van der Waals surface area contributed by atoms with E-state index in [2.05, 4.69) is 42.0 Å². The van der Waals surface area contributed by atoms with Gasteiger partial charge in [0.1, 0.15) is 5.75 Å². The molecule has 4 rings (SSSR count). The number of hydrogen-bond donors (Lipinski definition) is 1. The lowest BCUT2D eigenvalue weighted by Crippen LogP contribution is -2.36. The summed E-state index contributed by atoms with van der Waals surface area (Å²) in [6, 6.07) is 6.11. The highest BCUT2D eigenvalue weighted by Crippen LogP contribution is 2.33. The van der Waals surface area contributed by atoms with Gasteiger partial charge >= 0.3 is 0 Å². The van der Waals surface area contributed by atoms with E-state index in [4.69, 9.17) is 9.72 Å². The van der Waals surface area contributed by atoms with Crippen LogP contribution >= 0.6 is 11.3 Å². The van der Waals surface area contributed by atoms with Crippen molar-refractivity contribution in [2.45, 2.75) is 40.7 Å². The van der Waals surface area contributed by atoms with Crippen LogP contribution in [0.2, 0.25) is 0 Å². The van der Waals surface area contributed by atoms with Crippen molar-refractivity contribution in [2.75, 3.05) is 25.5 Å². The molecule has 3 aromatic rings. The van der Waals surface area contributed by atoms with E-state index in [0.29, 0.717) is 5.41 Å². The number of thiazole rings is 1. The molecule has 0 saturated heterocycles. The van der Waals surface area contributed by atoms with Crippen LogP contribution < -0.4 is 10.1 Å². The molecule has 154 valence electrons. The van der Waals surface area contributed by atoms with E-state index in [1.165, 1.54) is 10.6 Å². The average Bonchev–Trinajstić information content (AvgIpc) is 3.25. The van der Waals surface area contributed by atoms with Crippen molar-refractivity contribution in [3.8, 4) is 11.4 Å². The third kappa shape index (κ3) is 4.62. The predicted octanol–water partition coefficient (Wildman–Crippen LogP) is 4.79. The minimum absolute atomic E-state index is 0.315. The molecule has 6 nitrogen and oxygen atoms in total. The van der Waals surface area contributed by atoms with E-state index in [0.717, 1.165) is 54.0 Å². The minimum Gasteiger partial charge on any atom is -0.494 e. The quantitative estimate of drug-likeness (QED) is 0.654. The first-order valence-corrected chi connectivity index (χ1v) is 10.8. The Bertz CT molecular complexity index is 1000. The minimum atomic E-state index is 0.315. The zero-order valence-corrected chi connectivity index (χ0v) is 18.6. The molecule has 3 heterocycles. The van der Waals surface area contributed by atoms with Crippen molar-refractivity contribution in [2.24, 2.45) is 5.41 Å². The first kappa shape index (κ1) is 19.9. The van der Waals surface area contributed by atoms with E-state index in [9.17, 15) is 0 Å². The molecule has 0 bridgehead atoms. The van der Waals surface area contributed by atoms with Crippen LogP contribution in [0.4, 0.5) is 10.8 Å². The lowest BCUT2D eigenvalue weighted by Gasteiger charge is -2.32. The predicted molar refractivity (Wildman–Crippen MR) is 119 cm³/mol. The van der Waals surface area contributed by atoms with Gasteiger partial charge in [-0.05, 0) is 24.5 Å². The van der Waals surface area contributed by atoms with Crippen LogP contribution in [0.5, 0.6) is 5.75 Å². The van der Waals surface area contributed by atoms with Crippen molar-refractivity contribution in [3.63, 3.8) is 0 Å². The van der Waals surface area contributed by atoms with Crippen molar-refractivity contribution in [1.29, 1.82) is 0 Å². The number of nitrogens with one attached hydrogen (secondary N) is 1. The van der Waals surface area contributed by atoms with Crippen LogP contribution in [0.15, 0.2) is 30.7 Å². The molecule has 1 aromatic carbocycles. The van der Waals surface area contributed by atoms with E-state index >= 15 is 0 Å². The van der Waals surface area contributed by atoms with Gasteiger partial charge in [0.05, 0.1) is 30.5 Å². The molecular formula is C22H29N5OS. The van der Waals surface area contributed by atoms with Gasteiger partial charge in [-0.1, -0.05) is 20.8 Å². The molecule has 1 N–H and O–H groups in total. The third-order valence-corrected chi connectivity index (χ3v) is 5.93. The molecule has 0 amide bonds. The molecule has 0 fully saturated rings. The van der Waals surface area contributed by atoms with Crippen LogP contribution in [0.1, 0.15) is 37.0 Å². The maximum absolute atomic E-state index is 5.62. The Kier molecular flexibility index (Phi) is 5.36. The number of fused-ring (bicyclic) bond motifs is 1. The van der Waals surface area contributed by atoms with Gasteiger partial charge in [0.25, 0.3) is 0 Å². The highest BCUT2D eigenvalue weighted by molar-refractivity contribution is 7.15. The lowest BCUT2D eigenvalue weighted by atomic mass is 9.95. The Morgan fingerprint density at radius 2 is 2.10 bits per heavy atom. The standard InChI is InChI=1S/C22H29N5OS/c1-15-11-27(14-23-15)18-7-6-16(10-19(18)28-5)24-21-25-17-8-9-26(12-20(17)29-21)13-22(2,3)4/h6-7,10-11,14H,8-9,12-13H2,1-5H3,(H,24,25). The topological polar surface area (TPSA) is 55.2 Å². The van der Waals surface area contributed by atoms with Gasteiger partial charge < -0.3 is 14.6 Å². The molecule has 0 radical (unpaired) electrons. The molecule has 1 aliphatic rings. The number of rotatable bonds is 5. The summed E-state index contributed by atoms with van der Waals surface area (Å²) in [6.07, 6.45) is 4.81.